The van der Waals surface area contributed by atoms with Crippen molar-refractivity contribution in [3.05, 3.63) is 51.5 Å². The van der Waals surface area contributed by atoms with Gasteiger partial charge >= 0.3 is 0 Å². The first-order valence-electron chi connectivity index (χ1n) is 7.73. The quantitative estimate of drug-likeness (QED) is 0.830. The van der Waals surface area contributed by atoms with E-state index in [4.69, 9.17) is 0 Å². The van der Waals surface area contributed by atoms with E-state index in [0.29, 0.717) is 12.0 Å². The molecular weight excluding hydrogens is 276 g/mol. The highest BCUT2D eigenvalue weighted by Crippen LogP contribution is 2.18. The number of hydrogen-bond donors (Lipinski definition) is 1. The maximum absolute atomic E-state index is 4.63. The number of aromatic nitrogens is 1. The molecule has 1 atom stereocenters. The van der Waals surface area contributed by atoms with Crippen molar-refractivity contribution in [2.75, 3.05) is 6.54 Å². The Morgan fingerprint density at radius 2 is 2.00 bits per heavy atom. The first-order valence-corrected chi connectivity index (χ1v) is 8.61. The molecule has 0 spiro atoms. The SMILES string of the molecule is Cc1cccc(CC(CNC(C)C)Cc2nc(C)cs2)c1. The number of hydrogen-bond acceptors (Lipinski definition) is 3. The normalized spacial score (nSPS) is 12.8. The van der Waals surface area contributed by atoms with Crippen LogP contribution in [0.2, 0.25) is 0 Å². The lowest BCUT2D eigenvalue weighted by atomic mass is 9.95. The molecule has 0 aliphatic rings. The predicted molar refractivity (Wildman–Crippen MR) is 92.1 cm³/mol. The molecule has 0 saturated carbocycles. The summed E-state index contributed by atoms with van der Waals surface area (Å²) in [5.41, 5.74) is 3.91. The lowest BCUT2D eigenvalue weighted by Gasteiger charge is -2.19. The summed E-state index contributed by atoms with van der Waals surface area (Å²) in [6, 6.07) is 9.39. The summed E-state index contributed by atoms with van der Waals surface area (Å²) in [7, 11) is 0. The lowest BCUT2D eigenvalue weighted by molar-refractivity contribution is 0.443. The van der Waals surface area contributed by atoms with E-state index in [2.05, 4.69) is 67.6 Å². The van der Waals surface area contributed by atoms with Crippen molar-refractivity contribution in [2.45, 2.75) is 46.6 Å². The van der Waals surface area contributed by atoms with Crippen LogP contribution in [0, 0.1) is 19.8 Å². The lowest BCUT2D eigenvalue weighted by Crippen LogP contribution is -2.31. The fourth-order valence-electron chi connectivity index (χ4n) is 2.53. The van der Waals surface area contributed by atoms with E-state index in [1.54, 1.807) is 11.3 Å². The first-order chi connectivity index (χ1) is 10.0. The van der Waals surface area contributed by atoms with Crippen molar-refractivity contribution in [3.63, 3.8) is 0 Å². The van der Waals surface area contributed by atoms with E-state index in [9.17, 15) is 0 Å². The summed E-state index contributed by atoms with van der Waals surface area (Å²) in [4.78, 5) is 4.63. The van der Waals surface area contributed by atoms with Crippen LogP contribution in [0.4, 0.5) is 0 Å². The van der Waals surface area contributed by atoms with Gasteiger partial charge in [-0.15, -0.1) is 11.3 Å². The summed E-state index contributed by atoms with van der Waals surface area (Å²) in [5.74, 6) is 0.597. The van der Waals surface area contributed by atoms with Crippen molar-refractivity contribution in [2.24, 2.45) is 5.92 Å². The molecule has 2 nitrogen and oxygen atoms in total. The molecule has 1 unspecified atom stereocenters. The summed E-state index contributed by atoms with van der Waals surface area (Å²) in [6.07, 6.45) is 2.17. The van der Waals surface area contributed by atoms with Crippen LogP contribution in [0.3, 0.4) is 0 Å². The van der Waals surface area contributed by atoms with Gasteiger partial charge in [0.2, 0.25) is 0 Å². The smallest absolute Gasteiger partial charge is 0.0931 e. The van der Waals surface area contributed by atoms with Crippen LogP contribution in [-0.4, -0.2) is 17.6 Å². The molecule has 1 aromatic heterocycles. The Morgan fingerprint density at radius 1 is 1.19 bits per heavy atom. The minimum atomic E-state index is 0.531. The molecule has 2 rings (SSSR count). The molecule has 1 heterocycles. The number of nitrogens with one attached hydrogen (secondary N) is 1. The molecule has 0 bridgehead atoms. The van der Waals surface area contributed by atoms with E-state index >= 15 is 0 Å². The molecule has 0 aliphatic heterocycles. The molecule has 0 saturated heterocycles. The Balaban J connectivity index is 2.04. The number of rotatable bonds is 7. The highest BCUT2D eigenvalue weighted by atomic mass is 32.1. The van der Waals surface area contributed by atoms with E-state index in [-0.39, 0.29) is 0 Å². The van der Waals surface area contributed by atoms with Crippen molar-refractivity contribution < 1.29 is 0 Å². The van der Waals surface area contributed by atoms with Crippen LogP contribution in [0.15, 0.2) is 29.6 Å². The summed E-state index contributed by atoms with van der Waals surface area (Å²) >= 11 is 1.79. The third-order valence-corrected chi connectivity index (χ3v) is 4.54. The minimum absolute atomic E-state index is 0.531. The molecule has 21 heavy (non-hydrogen) atoms. The van der Waals surface area contributed by atoms with Gasteiger partial charge in [0, 0.05) is 23.5 Å². The molecule has 0 radical (unpaired) electrons. The van der Waals surface area contributed by atoms with E-state index in [1.165, 1.54) is 16.1 Å². The summed E-state index contributed by atoms with van der Waals surface area (Å²) < 4.78 is 0. The topological polar surface area (TPSA) is 24.9 Å². The fraction of sp³-hybridized carbons (Fsp3) is 0.500. The largest absolute Gasteiger partial charge is 0.314 e. The number of nitrogens with zero attached hydrogens (tertiary/aromatic N) is 1. The van der Waals surface area contributed by atoms with E-state index in [1.807, 2.05) is 0 Å². The van der Waals surface area contributed by atoms with Crippen molar-refractivity contribution in [1.82, 2.24) is 10.3 Å². The van der Waals surface area contributed by atoms with Gasteiger partial charge in [-0.25, -0.2) is 4.98 Å². The number of benzene rings is 1. The van der Waals surface area contributed by atoms with Crippen LogP contribution < -0.4 is 5.32 Å². The zero-order chi connectivity index (χ0) is 15.2. The second-order valence-corrected chi connectivity index (χ2v) is 7.15. The van der Waals surface area contributed by atoms with Crippen molar-refractivity contribution >= 4 is 11.3 Å². The maximum Gasteiger partial charge on any atom is 0.0931 e. The molecule has 3 heteroatoms. The zero-order valence-corrected chi connectivity index (χ0v) is 14.3. The van der Waals surface area contributed by atoms with Crippen molar-refractivity contribution in [1.29, 1.82) is 0 Å². The predicted octanol–water partition coefficient (Wildman–Crippen LogP) is 4.16. The van der Waals surface area contributed by atoms with E-state index < -0.39 is 0 Å². The summed E-state index contributed by atoms with van der Waals surface area (Å²) in [6.45, 7) is 9.69. The molecule has 0 fully saturated rings. The second-order valence-electron chi connectivity index (χ2n) is 6.21. The van der Waals surface area contributed by atoms with Crippen LogP contribution in [0.25, 0.3) is 0 Å². The van der Waals surface area contributed by atoms with Gasteiger partial charge in [-0.05, 0) is 38.3 Å². The second kappa shape index (κ2) is 7.71. The molecule has 0 aliphatic carbocycles. The van der Waals surface area contributed by atoms with Gasteiger partial charge in [0.15, 0.2) is 0 Å². The van der Waals surface area contributed by atoms with Gasteiger partial charge in [-0.3, -0.25) is 0 Å². The number of aryl methyl sites for hydroxylation is 2. The third-order valence-electron chi connectivity index (χ3n) is 3.55. The van der Waals surface area contributed by atoms with E-state index in [0.717, 1.165) is 25.1 Å². The van der Waals surface area contributed by atoms with Crippen LogP contribution >= 0.6 is 11.3 Å². The maximum atomic E-state index is 4.63. The first kappa shape index (κ1) is 16.2. The van der Waals surface area contributed by atoms with Crippen LogP contribution in [-0.2, 0) is 12.8 Å². The minimum Gasteiger partial charge on any atom is -0.314 e. The Kier molecular flexibility index (Phi) is 5.95. The van der Waals surface area contributed by atoms with Gasteiger partial charge in [-0.2, -0.15) is 0 Å². The van der Waals surface area contributed by atoms with Gasteiger partial charge < -0.3 is 5.32 Å². The zero-order valence-electron chi connectivity index (χ0n) is 13.5. The Labute approximate surface area is 132 Å². The van der Waals surface area contributed by atoms with Crippen LogP contribution in [0.1, 0.15) is 35.7 Å². The van der Waals surface area contributed by atoms with Crippen LogP contribution in [0.5, 0.6) is 0 Å². The van der Waals surface area contributed by atoms with Gasteiger partial charge in [0.1, 0.15) is 0 Å². The molecular formula is C18H26N2S. The Bertz CT molecular complexity index is 560. The standard InChI is InChI=1S/C18H26N2S/c1-13(2)19-11-17(10-18-20-15(4)12-21-18)9-16-7-5-6-14(3)8-16/h5-8,12-13,17,19H,9-11H2,1-4H3. The summed E-state index contributed by atoms with van der Waals surface area (Å²) in [5, 5.41) is 6.99. The van der Waals surface area contributed by atoms with Gasteiger partial charge in [-0.1, -0.05) is 43.7 Å². The Hall–Kier alpha value is -1.19. The molecule has 2 aromatic rings. The third kappa shape index (κ3) is 5.60. The number of thiazole rings is 1. The molecule has 1 aromatic carbocycles. The highest BCUT2D eigenvalue weighted by molar-refractivity contribution is 7.09. The fourth-order valence-corrected chi connectivity index (χ4v) is 3.42. The average Bonchev–Trinajstić information content (AvgIpc) is 2.81. The Morgan fingerprint density at radius 3 is 2.62 bits per heavy atom. The molecule has 1 N–H and O–H groups in total. The van der Waals surface area contributed by atoms with Gasteiger partial charge in [0.05, 0.1) is 5.01 Å². The molecule has 114 valence electrons. The average molecular weight is 302 g/mol. The van der Waals surface area contributed by atoms with Gasteiger partial charge in [0.25, 0.3) is 0 Å². The monoisotopic (exact) mass is 302 g/mol. The van der Waals surface area contributed by atoms with Crippen molar-refractivity contribution in [3.8, 4) is 0 Å². The highest BCUT2D eigenvalue weighted by Gasteiger charge is 2.13. The molecule has 0 amide bonds.